The number of para-hydroxylation sites is 1. The first-order valence-electron chi connectivity index (χ1n) is 10.7. The van der Waals surface area contributed by atoms with Crippen molar-refractivity contribution in [1.82, 2.24) is 15.2 Å². The summed E-state index contributed by atoms with van der Waals surface area (Å²) in [4.78, 5) is 20.2. The molecular formula is C24H27N3O3. The van der Waals surface area contributed by atoms with Crippen molar-refractivity contribution < 1.29 is 13.9 Å². The number of amides is 1. The summed E-state index contributed by atoms with van der Waals surface area (Å²) in [5.74, 6) is 1.20. The van der Waals surface area contributed by atoms with Crippen LogP contribution in [0.1, 0.15) is 42.5 Å². The number of carbonyl (C=O) groups is 1. The number of carbonyl (C=O) groups excluding carboxylic acids is 1. The van der Waals surface area contributed by atoms with Crippen LogP contribution in [0.25, 0.3) is 22.6 Å². The molecule has 6 heteroatoms. The van der Waals surface area contributed by atoms with Crippen LogP contribution in [0.15, 0.2) is 46.9 Å². The Labute approximate surface area is 176 Å². The van der Waals surface area contributed by atoms with Crippen molar-refractivity contribution in [3.05, 3.63) is 48.0 Å². The summed E-state index contributed by atoms with van der Waals surface area (Å²) in [6, 6.07) is 14.5. The molecule has 0 spiro atoms. The Kier molecular flexibility index (Phi) is 4.95. The maximum Gasteiger partial charge on any atom is 0.255 e. The Morgan fingerprint density at radius 3 is 2.57 bits per heavy atom. The van der Waals surface area contributed by atoms with Crippen molar-refractivity contribution in [2.24, 2.45) is 0 Å². The number of nitrogens with zero attached hydrogens (tertiary/aromatic N) is 2. The normalized spacial score (nSPS) is 24.0. The first-order chi connectivity index (χ1) is 14.6. The van der Waals surface area contributed by atoms with Gasteiger partial charge in [0.05, 0.1) is 12.7 Å². The van der Waals surface area contributed by atoms with Gasteiger partial charge in [0.15, 0.2) is 5.58 Å². The van der Waals surface area contributed by atoms with Crippen molar-refractivity contribution in [2.45, 2.75) is 50.2 Å². The van der Waals surface area contributed by atoms with E-state index < -0.39 is 0 Å². The highest BCUT2D eigenvalue weighted by Gasteiger charge is 2.36. The number of ether oxygens (including phenoxy) is 1. The molecule has 2 saturated heterocycles. The third-order valence-electron chi connectivity index (χ3n) is 6.67. The molecule has 156 valence electrons. The molecular weight excluding hydrogens is 378 g/mol. The average molecular weight is 405 g/mol. The summed E-state index contributed by atoms with van der Waals surface area (Å²) >= 11 is 0. The third kappa shape index (κ3) is 3.45. The van der Waals surface area contributed by atoms with Gasteiger partial charge in [-0.3, -0.25) is 4.79 Å². The Hall–Kier alpha value is -2.86. The van der Waals surface area contributed by atoms with E-state index in [-0.39, 0.29) is 11.9 Å². The molecule has 0 saturated carbocycles. The average Bonchev–Trinajstić information content (AvgIpc) is 3.19. The zero-order chi connectivity index (χ0) is 20.7. The zero-order valence-electron chi connectivity index (χ0n) is 17.4. The summed E-state index contributed by atoms with van der Waals surface area (Å²) in [5.41, 5.74) is 2.62. The second-order valence-electron chi connectivity index (χ2n) is 8.45. The van der Waals surface area contributed by atoms with Crippen LogP contribution in [0.2, 0.25) is 0 Å². The Morgan fingerprint density at radius 1 is 1.13 bits per heavy atom. The molecule has 1 unspecified atom stereocenters. The van der Waals surface area contributed by atoms with Crippen LogP contribution in [0.4, 0.5) is 0 Å². The lowest BCUT2D eigenvalue weighted by molar-refractivity contribution is 0.0463. The number of benzene rings is 2. The fourth-order valence-electron chi connectivity index (χ4n) is 4.98. The number of fused-ring (bicyclic) bond motifs is 3. The highest BCUT2D eigenvalue weighted by molar-refractivity contribution is 6.04. The van der Waals surface area contributed by atoms with Crippen molar-refractivity contribution in [3.8, 4) is 17.2 Å². The molecule has 2 bridgehead atoms. The van der Waals surface area contributed by atoms with E-state index in [1.807, 2.05) is 42.5 Å². The van der Waals surface area contributed by atoms with Gasteiger partial charge < -0.3 is 19.4 Å². The zero-order valence-corrected chi connectivity index (χ0v) is 17.4. The number of piperidine rings is 2. The lowest BCUT2D eigenvalue weighted by Gasteiger charge is -2.47. The van der Waals surface area contributed by atoms with Gasteiger partial charge in [0.2, 0.25) is 5.89 Å². The predicted octanol–water partition coefficient (Wildman–Crippen LogP) is 4.25. The van der Waals surface area contributed by atoms with Crippen LogP contribution in [-0.4, -0.2) is 48.1 Å². The number of methoxy groups -OCH3 is 1. The van der Waals surface area contributed by atoms with E-state index in [2.05, 4.69) is 22.2 Å². The molecule has 1 aromatic heterocycles. The SMILES string of the molecule is COc1ccc(-c2nc3cccc(C(=O)NC4C[C@H]5CCC[C@@H](C4)N5C)c3o2)cc1. The fraction of sp³-hybridized carbons (Fsp3) is 0.417. The smallest absolute Gasteiger partial charge is 0.255 e. The first kappa shape index (κ1) is 19.1. The third-order valence-corrected chi connectivity index (χ3v) is 6.67. The molecule has 30 heavy (non-hydrogen) atoms. The quantitative estimate of drug-likeness (QED) is 0.703. The number of hydrogen-bond donors (Lipinski definition) is 1. The first-order valence-corrected chi connectivity index (χ1v) is 10.7. The van der Waals surface area contributed by atoms with E-state index in [0.717, 1.165) is 24.2 Å². The lowest BCUT2D eigenvalue weighted by Crippen LogP contribution is -2.55. The van der Waals surface area contributed by atoms with Crippen molar-refractivity contribution in [3.63, 3.8) is 0 Å². The molecule has 3 aromatic rings. The second kappa shape index (κ2) is 7.76. The molecule has 2 fully saturated rings. The van der Waals surface area contributed by atoms with Crippen LogP contribution in [-0.2, 0) is 0 Å². The predicted molar refractivity (Wildman–Crippen MR) is 116 cm³/mol. The van der Waals surface area contributed by atoms with Crippen molar-refractivity contribution in [2.75, 3.05) is 14.2 Å². The van der Waals surface area contributed by atoms with Crippen LogP contribution >= 0.6 is 0 Å². The van der Waals surface area contributed by atoms with E-state index in [1.165, 1.54) is 19.3 Å². The van der Waals surface area contributed by atoms with Gasteiger partial charge in [0.1, 0.15) is 11.3 Å². The van der Waals surface area contributed by atoms with Crippen LogP contribution in [0.3, 0.4) is 0 Å². The van der Waals surface area contributed by atoms with Crippen molar-refractivity contribution >= 4 is 17.0 Å². The van der Waals surface area contributed by atoms with Gasteiger partial charge in [0.25, 0.3) is 5.91 Å². The van der Waals surface area contributed by atoms with Gasteiger partial charge in [0, 0.05) is 23.7 Å². The Bertz CT molecular complexity index is 1050. The molecule has 0 radical (unpaired) electrons. The second-order valence-corrected chi connectivity index (χ2v) is 8.45. The molecule has 1 N–H and O–H groups in total. The highest BCUT2D eigenvalue weighted by atomic mass is 16.5. The number of nitrogens with one attached hydrogen (secondary N) is 1. The van der Waals surface area contributed by atoms with Gasteiger partial charge in [-0.1, -0.05) is 12.5 Å². The van der Waals surface area contributed by atoms with Crippen LogP contribution in [0.5, 0.6) is 5.75 Å². The standard InChI is InChI=1S/C24H27N3O3/c1-27-17-5-3-6-18(27)14-16(13-17)25-23(28)20-7-4-8-21-22(20)30-24(26-21)15-9-11-19(29-2)12-10-15/h4,7-12,16-18H,3,5-6,13-14H2,1-2H3,(H,25,28)/t16?,17-,18+. The van der Waals surface area contributed by atoms with Crippen molar-refractivity contribution in [1.29, 1.82) is 0 Å². The number of oxazole rings is 1. The topological polar surface area (TPSA) is 67.6 Å². The molecule has 2 aliphatic rings. The summed E-state index contributed by atoms with van der Waals surface area (Å²) in [5, 5.41) is 3.27. The van der Waals surface area contributed by atoms with Crippen LogP contribution in [0, 0.1) is 0 Å². The van der Waals surface area contributed by atoms with Crippen LogP contribution < -0.4 is 10.1 Å². The molecule has 5 rings (SSSR count). The van der Waals surface area contributed by atoms with Gasteiger partial charge in [-0.15, -0.1) is 0 Å². The minimum absolute atomic E-state index is 0.0781. The lowest BCUT2D eigenvalue weighted by atomic mass is 9.82. The molecule has 3 heterocycles. The largest absolute Gasteiger partial charge is 0.497 e. The minimum atomic E-state index is -0.0781. The van der Waals surface area contributed by atoms with Gasteiger partial charge in [-0.05, 0) is 69.1 Å². The van der Waals surface area contributed by atoms with E-state index in [4.69, 9.17) is 9.15 Å². The molecule has 0 aliphatic carbocycles. The summed E-state index contributed by atoms with van der Waals surface area (Å²) < 4.78 is 11.3. The van der Waals surface area contributed by atoms with E-state index in [9.17, 15) is 4.79 Å². The van der Waals surface area contributed by atoms with Gasteiger partial charge >= 0.3 is 0 Å². The van der Waals surface area contributed by atoms with E-state index in [0.29, 0.717) is 34.6 Å². The highest BCUT2D eigenvalue weighted by Crippen LogP contribution is 2.33. The fourth-order valence-corrected chi connectivity index (χ4v) is 4.98. The number of hydrogen-bond acceptors (Lipinski definition) is 5. The molecule has 1 amide bonds. The van der Waals surface area contributed by atoms with Gasteiger partial charge in [-0.2, -0.15) is 0 Å². The molecule has 2 aliphatic heterocycles. The monoisotopic (exact) mass is 405 g/mol. The molecule has 6 nitrogen and oxygen atoms in total. The maximum absolute atomic E-state index is 13.1. The Balaban J connectivity index is 1.38. The molecule has 3 atom stereocenters. The van der Waals surface area contributed by atoms with E-state index in [1.54, 1.807) is 7.11 Å². The number of aromatic nitrogens is 1. The van der Waals surface area contributed by atoms with E-state index >= 15 is 0 Å². The minimum Gasteiger partial charge on any atom is -0.497 e. The molecule has 2 aromatic carbocycles. The number of rotatable bonds is 4. The van der Waals surface area contributed by atoms with Gasteiger partial charge in [-0.25, -0.2) is 4.98 Å². The maximum atomic E-state index is 13.1. The summed E-state index contributed by atoms with van der Waals surface area (Å²) in [6.07, 6.45) is 5.78. The summed E-state index contributed by atoms with van der Waals surface area (Å²) in [6.45, 7) is 0. The Morgan fingerprint density at radius 2 is 1.87 bits per heavy atom. The summed E-state index contributed by atoms with van der Waals surface area (Å²) in [7, 11) is 3.86.